The van der Waals surface area contributed by atoms with Crippen molar-refractivity contribution in [2.45, 2.75) is 27.4 Å². The van der Waals surface area contributed by atoms with Gasteiger partial charge in [-0.1, -0.05) is 26.0 Å². The van der Waals surface area contributed by atoms with Crippen LogP contribution in [0.15, 0.2) is 18.2 Å². The van der Waals surface area contributed by atoms with Crippen LogP contribution in [0.3, 0.4) is 0 Å². The molecule has 0 aliphatic rings. The molecule has 0 aromatic heterocycles. The van der Waals surface area contributed by atoms with Gasteiger partial charge < -0.3 is 19.5 Å². The van der Waals surface area contributed by atoms with Crippen molar-refractivity contribution in [3.05, 3.63) is 23.8 Å². The summed E-state index contributed by atoms with van der Waals surface area (Å²) in [4.78, 5) is 2.29. The van der Waals surface area contributed by atoms with Crippen LogP contribution in [0.1, 0.15) is 26.3 Å². The lowest BCUT2D eigenvalue weighted by atomic mass is 10.2. The van der Waals surface area contributed by atoms with Gasteiger partial charge in [0.15, 0.2) is 11.5 Å². The Morgan fingerprint density at radius 3 is 2.42 bits per heavy atom. The molecule has 1 aromatic rings. The molecule has 0 amide bonds. The van der Waals surface area contributed by atoms with Crippen molar-refractivity contribution in [2.75, 3.05) is 32.8 Å². The monoisotopic (exact) mass is 267 g/mol. The van der Waals surface area contributed by atoms with E-state index in [4.69, 9.17) is 9.47 Å². The van der Waals surface area contributed by atoms with E-state index in [1.165, 1.54) is 0 Å². The Bertz CT molecular complexity index is 364. The van der Waals surface area contributed by atoms with E-state index >= 15 is 0 Å². The maximum Gasteiger partial charge on any atom is 0.166 e. The zero-order valence-corrected chi connectivity index (χ0v) is 12.2. The SMILES string of the molecule is CCOc1cccc(CO)c1OCCN(CC)CC. The van der Waals surface area contributed by atoms with E-state index in [1.54, 1.807) is 0 Å². The van der Waals surface area contributed by atoms with Crippen LogP contribution in [0, 0.1) is 0 Å². The van der Waals surface area contributed by atoms with Crippen molar-refractivity contribution in [1.29, 1.82) is 0 Å². The molecule has 0 radical (unpaired) electrons. The molecule has 0 aliphatic heterocycles. The number of ether oxygens (including phenoxy) is 2. The molecule has 1 rings (SSSR count). The highest BCUT2D eigenvalue weighted by Crippen LogP contribution is 2.31. The summed E-state index contributed by atoms with van der Waals surface area (Å²) in [6.07, 6.45) is 0. The number of para-hydroxylation sites is 1. The molecule has 0 saturated carbocycles. The summed E-state index contributed by atoms with van der Waals surface area (Å²) >= 11 is 0. The minimum Gasteiger partial charge on any atom is -0.490 e. The predicted molar refractivity (Wildman–Crippen MR) is 76.8 cm³/mol. The fourth-order valence-corrected chi connectivity index (χ4v) is 1.94. The molecule has 4 nitrogen and oxygen atoms in total. The number of likely N-dealkylation sites (N-methyl/N-ethyl adjacent to an activating group) is 1. The third-order valence-corrected chi connectivity index (χ3v) is 3.08. The number of aliphatic hydroxyl groups excluding tert-OH is 1. The van der Waals surface area contributed by atoms with Crippen LogP contribution in [0.2, 0.25) is 0 Å². The molecule has 0 atom stereocenters. The lowest BCUT2D eigenvalue weighted by molar-refractivity contribution is 0.206. The van der Waals surface area contributed by atoms with Gasteiger partial charge in [0.1, 0.15) is 6.61 Å². The maximum atomic E-state index is 9.37. The maximum absolute atomic E-state index is 9.37. The molecule has 1 N–H and O–H groups in total. The summed E-state index contributed by atoms with van der Waals surface area (Å²) < 4.78 is 11.4. The van der Waals surface area contributed by atoms with E-state index in [9.17, 15) is 5.11 Å². The van der Waals surface area contributed by atoms with Crippen molar-refractivity contribution in [1.82, 2.24) is 4.90 Å². The van der Waals surface area contributed by atoms with Crippen LogP contribution < -0.4 is 9.47 Å². The van der Waals surface area contributed by atoms with Gasteiger partial charge in [-0.15, -0.1) is 0 Å². The third-order valence-electron chi connectivity index (χ3n) is 3.08. The molecule has 108 valence electrons. The summed E-state index contributed by atoms with van der Waals surface area (Å²) in [5, 5.41) is 9.37. The fourth-order valence-electron chi connectivity index (χ4n) is 1.94. The van der Waals surface area contributed by atoms with Crippen LogP contribution >= 0.6 is 0 Å². The topological polar surface area (TPSA) is 41.9 Å². The zero-order valence-electron chi connectivity index (χ0n) is 12.2. The molecule has 19 heavy (non-hydrogen) atoms. The van der Waals surface area contributed by atoms with E-state index in [2.05, 4.69) is 18.7 Å². The van der Waals surface area contributed by atoms with Crippen molar-refractivity contribution in [3.63, 3.8) is 0 Å². The molecule has 0 unspecified atom stereocenters. The van der Waals surface area contributed by atoms with Gasteiger partial charge in [0.05, 0.1) is 13.2 Å². The van der Waals surface area contributed by atoms with E-state index in [0.29, 0.717) is 24.7 Å². The second kappa shape index (κ2) is 8.77. The number of benzene rings is 1. The van der Waals surface area contributed by atoms with Crippen molar-refractivity contribution >= 4 is 0 Å². The molecule has 4 heteroatoms. The molecular weight excluding hydrogens is 242 g/mol. The molecule has 0 aliphatic carbocycles. The minimum absolute atomic E-state index is 0.0402. The van der Waals surface area contributed by atoms with Gasteiger partial charge in [-0.05, 0) is 26.1 Å². The highest BCUT2D eigenvalue weighted by molar-refractivity contribution is 5.46. The van der Waals surface area contributed by atoms with Gasteiger partial charge in [-0.25, -0.2) is 0 Å². The highest BCUT2D eigenvalue weighted by Gasteiger charge is 2.10. The van der Waals surface area contributed by atoms with E-state index in [0.717, 1.165) is 25.2 Å². The summed E-state index contributed by atoms with van der Waals surface area (Å²) in [7, 11) is 0. The van der Waals surface area contributed by atoms with Gasteiger partial charge in [0, 0.05) is 12.1 Å². The Hall–Kier alpha value is -1.26. The number of nitrogens with zero attached hydrogens (tertiary/aromatic N) is 1. The second-order valence-corrected chi connectivity index (χ2v) is 4.21. The summed E-state index contributed by atoms with van der Waals surface area (Å²) in [5.74, 6) is 1.37. The molecule has 0 heterocycles. The van der Waals surface area contributed by atoms with E-state index in [1.807, 2.05) is 25.1 Å². The van der Waals surface area contributed by atoms with Crippen molar-refractivity contribution in [3.8, 4) is 11.5 Å². The van der Waals surface area contributed by atoms with Gasteiger partial charge in [-0.3, -0.25) is 0 Å². The van der Waals surface area contributed by atoms with E-state index < -0.39 is 0 Å². The average Bonchev–Trinajstić information content (AvgIpc) is 2.45. The van der Waals surface area contributed by atoms with Crippen LogP contribution in [0.4, 0.5) is 0 Å². The largest absolute Gasteiger partial charge is 0.490 e. The molecule has 0 spiro atoms. The fraction of sp³-hybridized carbons (Fsp3) is 0.600. The van der Waals surface area contributed by atoms with Gasteiger partial charge in [0.2, 0.25) is 0 Å². The average molecular weight is 267 g/mol. The number of hydrogen-bond acceptors (Lipinski definition) is 4. The molecule has 0 saturated heterocycles. The first-order valence-corrected chi connectivity index (χ1v) is 6.97. The Balaban J connectivity index is 2.69. The summed E-state index contributed by atoms with van der Waals surface area (Å²) in [6, 6.07) is 5.60. The quantitative estimate of drug-likeness (QED) is 0.745. The van der Waals surface area contributed by atoms with Gasteiger partial charge in [-0.2, -0.15) is 0 Å². The Labute approximate surface area is 115 Å². The van der Waals surface area contributed by atoms with E-state index in [-0.39, 0.29) is 6.61 Å². The number of hydrogen-bond donors (Lipinski definition) is 1. The first kappa shape index (κ1) is 15.8. The van der Waals surface area contributed by atoms with Gasteiger partial charge in [0.25, 0.3) is 0 Å². The summed E-state index contributed by atoms with van der Waals surface area (Å²) in [6.45, 7) is 10.2. The molecule has 0 fully saturated rings. The minimum atomic E-state index is -0.0402. The Morgan fingerprint density at radius 2 is 1.84 bits per heavy atom. The standard InChI is InChI=1S/C15H25NO3/c1-4-16(5-2)10-11-19-15-13(12-17)8-7-9-14(15)18-6-3/h7-9,17H,4-6,10-12H2,1-3H3. The predicted octanol–water partition coefficient (Wildman–Crippen LogP) is 2.30. The lowest BCUT2D eigenvalue weighted by Crippen LogP contribution is -2.28. The van der Waals surface area contributed by atoms with Crippen molar-refractivity contribution < 1.29 is 14.6 Å². The Kier molecular flexibility index (Phi) is 7.30. The van der Waals surface area contributed by atoms with Crippen molar-refractivity contribution in [2.24, 2.45) is 0 Å². The zero-order chi connectivity index (χ0) is 14.1. The first-order valence-electron chi connectivity index (χ1n) is 6.97. The van der Waals surface area contributed by atoms with Gasteiger partial charge >= 0.3 is 0 Å². The van der Waals surface area contributed by atoms with Crippen LogP contribution in [-0.4, -0.2) is 42.9 Å². The summed E-state index contributed by atoms with van der Waals surface area (Å²) in [5.41, 5.74) is 0.769. The Morgan fingerprint density at radius 1 is 1.11 bits per heavy atom. The molecule has 0 bridgehead atoms. The number of rotatable bonds is 9. The van der Waals surface area contributed by atoms with Crippen LogP contribution in [0.5, 0.6) is 11.5 Å². The molecular formula is C15H25NO3. The van der Waals surface area contributed by atoms with Crippen LogP contribution in [-0.2, 0) is 6.61 Å². The third kappa shape index (κ3) is 4.73. The normalized spacial score (nSPS) is 10.8. The number of aliphatic hydroxyl groups is 1. The van der Waals surface area contributed by atoms with Crippen LogP contribution in [0.25, 0.3) is 0 Å². The lowest BCUT2D eigenvalue weighted by Gasteiger charge is -2.20. The second-order valence-electron chi connectivity index (χ2n) is 4.21. The first-order chi connectivity index (χ1) is 9.26. The molecule has 1 aromatic carbocycles. The highest BCUT2D eigenvalue weighted by atomic mass is 16.5. The smallest absolute Gasteiger partial charge is 0.166 e.